The number of esters is 1. The van der Waals surface area contributed by atoms with Gasteiger partial charge >= 0.3 is 5.97 Å². The summed E-state index contributed by atoms with van der Waals surface area (Å²) in [5.41, 5.74) is 2.71. The van der Waals surface area contributed by atoms with E-state index >= 15 is 0 Å². The van der Waals surface area contributed by atoms with E-state index in [-0.39, 0.29) is 29.5 Å². The van der Waals surface area contributed by atoms with Crippen molar-refractivity contribution in [2.75, 3.05) is 6.61 Å². The van der Waals surface area contributed by atoms with Crippen LogP contribution in [0, 0.1) is 0 Å². The Morgan fingerprint density at radius 1 is 1.00 bits per heavy atom. The highest BCUT2D eigenvalue weighted by atomic mass is 79.9. The topological polar surface area (TPSA) is 47.2 Å². The molecule has 1 heterocycles. The van der Waals surface area contributed by atoms with Crippen LogP contribution in [0.5, 0.6) is 0 Å². The normalized spacial score (nSPS) is 10.1. The molecule has 0 radical (unpaired) electrons. The summed E-state index contributed by atoms with van der Waals surface area (Å²) in [5.74, 6) is -0.244. The molecule has 2 rings (SSSR count). The lowest BCUT2D eigenvalue weighted by molar-refractivity contribution is -0.686. The molecule has 4 nitrogen and oxygen atoms in total. The Morgan fingerprint density at radius 3 is 2.04 bits per heavy atom. The smallest absolute Gasteiger partial charge is 0.372 e. The maximum absolute atomic E-state index is 11.4. The molecule has 0 N–H and O–H groups in total. The minimum atomic E-state index is -0.244. The van der Waals surface area contributed by atoms with Crippen molar-refractivity contribution in [3.05, 3.63) is 65.5 Å². The summed E-state index contributed by atoms with van der Waals surface area (Å²) in [5, 5.41) is 0. The van der Waals surface area contributed by atoms with Gasteiger partial charge in [0.25, 0.3) is 0 Å². The Labute approximate surface area is 146 Å². The van der Waals surface area contributed by atoms with Gasteiger partial charge in [0, 0.05) is 17.7 Å². The number of hydrogen-bond acceptors (Lipinski definition) is 3. The average molecular weight is 376 g/mol. The van der Waals surface area contributed by atoms with Crippen LogP contribution in [0.4, 0.5) is 0 Å². The van der Waals surface area contributed by atoms with Crippen molar-refractivity contribution in [1.82, 2.24) is 0 Å². The molecule has 0 fully saturated rings. The highest BCUT2D eigenvalue weighted by molar-refractivity contribution is 5.76. The summed E-state index contributed by atoms with van der Waals surface area (Å²) in [6.07, 6.45) is 8.45. The van der Waals surface area contributed by atoms with Gasteiger partial charge in [0.2, 0.25) is 6.54 Å². The van der Waals surface area contributed by atoms with Crippen LogP contribution >= 0.6 is 0 Å². The number of aromatic nitrogens is 1. The summed E-state index contributed by atoms with van der Waals surface area (Å²) in [7, 11) is 0. The molecule has 120 valence electrons. The number of nitrogens with zero attached hydrogens (tertiary/aromatic N) is 1. The van der Waals surface area contributed by atoms with Crippen molar-refractivity contribution >= 4 is 24.4 Å². The number of halogens is 1. The molecule has 0 saturated carbocycles. The largest absolute Gasteiger partial charge is 1.00 e. The molecule has 0 atom stereocenters. The van der Waals surface area contributed by atoms with Gasteiger partial charge in [-0.3, -0.25) is 4.79 Å². The van der Waals surface area contributed by atoms with Gasteiger partial charge in [0.1, 0.15) is 6.29 Å². The van der Waals surface area contributed by atoms with Crippen molar-refractivity contribution in [2.24, 2.45) is 0 Å². The molecular weight excluding hydrogens is 358 g/mol. The van der Waals surface area contributed by atoms with E-state index in [0.717, 1.165) is 17.4 Å². The van der Waals surface area contributed by atoms with Gasteiger partial charge in [-0.1, -0.05) is 36.4 Å². The number of hydrogen-bond donors (Lipinski definition) is 0. The van der Waals surface area contributed by atoms with Gasteiger partial charge < -0.3 is 21.7 Å². The molecule has 0 saturated heterocycles. The minimum absolute atomic E-state index is 0. The minimum Gasteiger partial charge on any atom is -1.00 e. The van der Waals surface area contributed by atoms with Crippen molar-refractivity contribution in [2.45, 2.75) is 13.5 Å². The second kappa shape index (κ2) is 9.69. The zero-order valence-corrected chi connectivity index (χ0v) is 14.4. The molecule has 0 unspecified atom stereocenters. The molecule has 0 spiro atoms. The lowest BCUT2D eigenvalue weighted by Gasteiger charge is -1.99. The third-order valence-electron chi connectivity index (χ3n) is 3.07. The van der Waals surface area contributed by atoms with E-state index in [1.54, 1.807) is 23.6 Å². The van der Waals surface area contributed by atoms with E-state index in [1.807, 2.05) is 48.8 Å². The predicted octanol–water partition coefficient (Wildman–Crippen LogP) is -0.476. The van der Waals surface area contributed by atoms with E-state index in [1.165, 1.54) is 0 Å². The Hall–Kier alpha value is -2.27. The van der Waals surface area contributed by atoms with Crippen molar-refractivity contribution in [3.8, 4) is 0 Å². The van der Waals surface area contributed by atoms with Gasteiger partial charge in [-0.15, -0.1) is 0 Å². The fourth-order valence-electron chi connectivity index (χ4n) is 1.92. The first-order valence-corrected chi connectivity index (χ1v) is 7.09. The highest BCUT2D eigenvalue weighted by Gasteiger charge is 2.08. The standard InChI is InChI=1S/C18H18NO3.BrH/c1-2-22-18(21)13-19-11-9-16(10-12-19)4-3-15-5-7-17(14-20)8-6-15;/h3-12,14H,2,13H2,1H3;1H/q+1;/p-1. The lowest BCUT2D eigenvalue weighted by atomic mass is 10.1. The first-order chi connectivity index (χ1) is 10.7. The quantitative estimate of drug-likeness (QED) is 0.389. The SMILES string of the molecule is CCOC(=O)C[n+]1ccc(C=Cc2ccc(C=O)cc2)cc1.[Br-]. The highest BCUT2D eigenvalue weighted by Crippen LogP contribution is 2.08. The van der Waals surface area contributed by atoms with Gasteiger partial charge in [-0.05, 0) is 18.1 Å². The summed E-state index contributed by atoms with van der Waals surface area (Å²) in [6, 6.07) is 11.2. The number of carbonyl (C=O) groups excluding carboxylic acids is 2. The maximum Gasteiger partial charge on any atom is 0.372 e. The Morgan fingerprint density at radius 2 is 1.52 bits per heavy atom. The third kappa shape index (κ3) is 6.16. The number of benzene rings is 1. The van der Waals surface area contributed by atoms with Gasteiger partial charge in [-0.25, -0.2) is 4.79 Å². The van der Waals surface area contributed by atoms with Crippen LogP contribution in [0.15, 0.2) is 48.8 Å². The summed E-state index contributed by atoms with van der Waals surface area (Å²) < 4.78 is 6.67. The fraction of sp³-hybridized carbons (Fsp3) is 0.167. The molecule has 23 heavy (non-hydrogen) atoms. The number of aldehydes is 1. The van der Waals surface area contributed by atoms with Gasteiger partial charge in [0.05, 0.1) is 6.61 Å². The van der Waals surface area contributed by atoms with Crippen molar-refractivity contribution in [3.63, 3.8) is 0 Å². The van der Waals surface area contributed by atoms with Crippen molar-refractivity contribution in [1.29, 1.82) is 0 Å². The molecule has 0 aliphatic heterocycles. The van der Waals surface area contributed by atoms with E-state index in [9.17, 15) is 9.59 Å². The maximum atomic E-state index is 11.4. The number of pyridine rings is 1. The van der Waals surface area contributed by atoms with E-state index in [0.29, 0.717) is 12.2 Å². The lowest BCUT2D eigenvalue weighted by Crippen LogP contribution is -3.00. The molecular formula is C18H18BrNO3. The van der Waals surface area contributed by atoms with Crippen LogP contribution in [0.1, 0.15) is 28.4 Å². The zero-order chi connectivity index (χ0) is 15.8. The molecule has 2 aromatic rings. The van der Waals surface area contributed by atoms with E-state index in [2.05, 4.69) is 0 Å². The monoisotopic (exact) mass is 375 g/mol. The molecule has 0 bridgehead atoms. The molecule has 0 amide bonds. The average Bonchev–Trinajstić information content (AvgIpc) is 2.55. The number of rotatable bonds is 6. The fourth-order valence-corrected chi connectivity index (χ4v) is 1.92. The first kappa shape index (κ1) is 18.8. The van der Waals surface area contributed by atoms with E-state index in [4.69, 9.17) is 4.74 Å². The first-order valence-electron chi connectivity index (χ1n) is 7.09. The summed E-state index contributed by atoms with van der Waals surface area (Å²) in [4.78, 5) is 22.0. The number of ether oxygens (including phenoxy) is 1. The van der Waals surface area contributed by atoms with Gasteiger partial charge in [0.15, 0.2) is 12.4 Å². The molecule has 1 aromatic heterocycles. The number of carbonyl (C=O) groups is 2. The van der Waals surface area contributed by atoms with Crippen LogP contribution in [0.3, 0.4) is 0 Å². The van der Waals surface area contributed by atoms with Gasteiger partial charge in [-0.2, -0.15) is 4.57 Å². The Kier molecular flexibility index (Phi) is 7.91. The zero-order valence-electron chi connectivity index (χ0n) is 12.8. The molecule has 1 aromatic carbocycles. The summed E-state index contributed by atoms with van der Waals surface area (Å²) in [6.45, 7) is 2.40. The molecule has 5 heteroatoms. The molecule has 0 aliphatic rings. The molecule has 0 aliphatic carbocycles. The van der Waals surface area contributed by atoms with Crippen LogP contribution in [-0.2, 0) is 16.1 Å². The van der Waals surface area contributed by atoms with Crippen molar-refractivity contribution < 1.29 is 35.9 Å². The summed E-state index contributed by atoms with van der Waals surface area (Å²) >= 11 is 0. The van der Waals surface area contributed by atoms with Crippen LogP contribution in [0.25, 0.3) is 12.2 Å². The second-order valence-electron chi connectivity index (χ2n) is 4.73. The van der Waals surface area contributed by atoms with E-state index < -0.39 is 0 Å². The Bertz CT molecular complexity index is 664. The predicted molar refractivity (Wildman–Crippen MR) is 84.0 cm³/mol. The third-order valence-corrected chi connectivity index (χ3v) is 3.07. The van der Waals surface area contributed by atoms with Crippen LogP contribution < -0.4 is 21.5 Å². The van der Waals surface area contributed by atoms with Crippen LogP contribution in [-0.4, -0.2) is 18.9 Å². The second-order valence-corrected chi connectivity index (χ2v) is 4.73. The van der Waals surface area contributed by atoms with Crippen LogP contribution in [0.2, 0.25) is 0 Å². The Balaban J connectivity index is 0.00000264.